The van der Waals surface area contributed by atoms with Crippen molar-refractivity contribution in [3.63, 3.8) is 0 Å². The molecule has 0 aromatic heterocycles. The number of hydrogen-bond donors (Lipinski definition) is 0. The first-order valence-corrected chi connectivity index (χ1v) is 9.64. The zero-order valence-corrected chi connectivity index (χ0v) is 19.1. The van der Waals surface area contributed by atoms with Crippen molar-refractivity contribution >= 4 is 34.0 Å². The summed E-state index contributed by atoms with van der Waals surface area (Å²) < 4.78 is 10.9. The molecule has 4 nitrogen and oxygen atoms in total. The SMILES string of the molecule is Br.Br.CN(CCc1ccc2c(c1)OCO2)[C@H]1CCCC[C@H]1N1CCCC1. The van der Waals surface area contributed by atoms with Crippen molar-refractivity contribution in [2.75, 3.05) is 33.5 Å². The summed E-state index contributed by atoms with van der Waals surface area (Å²) in [7, 11) is 2.33. The Hall–Kier alpha value is -0.300. The molecule has 0 amide bonds. The van der Waals surface area contributed by atoms with Gasteiger partial charge in [-0.15, -0.1) is 34.0 Å². The Bertz CT molecular complexity index is 567. The second-order valence-corrected chi connectivity index (χ2v) is 7.58. The number of halogens is 2. The third-order valence-electron chi connectivity index (χ3n) is 6.06. The maximum absolute atomic E-state index is 5.50. The number of rotatable bonds is 5. The van der Waals surface area contributed by atoms with Crippen LogP contribution in [-0.2, 0) is 6.42 Å². The molecule has 2 fully saturated rings. The summed E-state index contributed by atoms with van der Waals surface area (Å²) >= 11 is 0. The van der Waals surface area contributed by atoms with E-state index in [2.05, 4.69) is 29.0 Å². The largest absolute Gasteiger partial charge is 0.454 e. The smallest absolute Gasteiger partial charge is 0.231 e. The van der Waals surface area contributed by atoms with Crippen molar-refractivity contribution in [1.82, 2.24) is 9.80 Å². The van der Waals surface area contributed by atoms with Gasteiger partial charge in [0.2, 0.25) is 6.79 Å². The Morgan fingerprint density at radius 1 is 1.00 bits per heavy atom. The quantitative estimate of drug-likeness (QED) is 0.607. The predicted octanol–water partition coefficient (Wildman–Crippen LogP) is 4.45. The summed E-state index contributed by atoms with van der Waals surface area (Å²) in [6, 6.07) is 7.88. The number of fused-ring (bicyclic) bond motifs is 1. The highest BCUT2D eigenvalue weighted by Gasteiger charge is 2.33. The highest BCUT2D eigenvalue weighted by Crippen LogP contribution is 2.33. The number of nitrogens with zero attached hydrogens (tertiary/aromatic N) is 2. The molecule has 4 rings (SSSR count). The molecule has 3 aliphatic rings. The summed E-state index contributed by atoms with van der Waals surface area (Å²) in [6.45, 7) is 4.11. The molecule has 1 aliphatic carbocycles. The van der Waals surface area contributed by atoms with Gasteiger partial charge >= 0.3 is 0 Å². The molecule has 0 N–H and O–H groups in total. The Kier molecular flexibility index (Phi) is 8.71. The van der Waals surface area contributed by atoms with Gasteiger partial charge in [-0.2, -0.15) is 0 Å². The minimum atomic E-state index is 0. The van der Waals surface area contributed by atoms with Crippen LogP contribution in [0.2, 0.25) is 0 Å². The van der Waals surface area contributed by atoms with E-state index in [1.165, 1.54) is 57.2 Å². The molecule has 26 heavy (non-hydrogen) atoms. The van der Waals surface area contributed by atoms with Gasteiger partial charge in [0, 0.05) is 18.6 Å². The van der Waals surface area contributed by atoms with Crippen molar-refractivity contribution in [3.05, 3.63) is 23.8 Å². The second-order valence-electron chi connectivity index (χ2n) is 7.58. The molecule has 0 unspecified atom stereocenters. The first-order valence-electron chi connectivity index (χ1n) is 9.64. The van der Waals surface area contributed by atoms with Gasteiger partial charge in [-0.3, -0.25) is 4.90 Å². The van der Waals surface area contributed by atoms with Crippen molar-refractivity contribution in [2.24, 2.45) is 0 Å². The second kappa shape index (κ2) is 10.3. The Morgan fingerprint density at radius 3 is 2.54 bits per heavy atom. The Balaban J connectivity index is 0.00000121. The maximum atomic E-state index is 5.50. The van der Waals surface area contributed by atoms with Crippen molar-refractivity contribution in [3.8, 4) is 11.5 Å². The summed E-state index contributed by atoms with van der Waals surface area (Å²) in [4.78, 5) is 5.38. The average Bonchev–Trinajstić information content (AvgIpc) is 3.30. The van der Waals surface area contributed by atoms with Crippen LogP contribution >= 0.6 is 34.0 Å². The molecular weight excluding hydrogens is 460 g/mol. The Morgan fingerprint density at radius 2 is 1.73 bits per heavy atom. The molecule has 2 atom stereocenters. The molecular formula is C20H32Br2N2O2. The maximum Gasteiger partial charge on any atom is 0.231 e. The van der Waals surface area contributed by atoms with Gasteiger partial charge in [-0.25, -0.2) is 0 Å². The highest BCUT2D eigenvalue weighted by molar-refractivity contribution is 8.93. The van der Waals surface area contributed by atoms with Crippen LogP contribution in [0, 0.1) is 0 Å². The number of hydrogen-bond acceptors (Lipinski definition) is 4. The molecule has 2 heterocycles. The van der Waals surface area contributed by atoms with Gasteiger partial charge in [-0.05, 0) is 69.9 Å². The van der Waals surface area contributed by atoms with Gasteiger partial charge < -0.3 is 14.4 Å². The zero-order chi connectivity index (χ0) is 16.4. The summed E-state index contributed by atoms with van der Waals surface area (Å²) in [5.41, 5.74) is 1.35. The number of ether oxygens (including phenoxy) is 2. The number of likely N-dealkylation sites (N-methyl/N-ethyl adjacent to an activating group) is 1. The van der Waals surface area contributed by atoms with Crippen LogP contribution in [0.1, 0.15) is 44.1 Å². The minimum absolute atomic E-state index is 0. The fraction of sp³-hybridized carbons (Fsp3) is 0.700. The van der Waals surface area contributed by atoms with Gasteiger partial charge in [0.1, 0.15) is 0 Å². The minimum Gasteiger partial charge on any atom is -0.454 e. The topological polar surface area (TPSA) is 24.9 Å². The first-order chi connectivity index (χ1) is 11.8. The van der Waals surface area contributed by atoms with E-state index in [0.717, 1.165) is 36.5 Å². The lowest BCUT2D eigenvalue weighted by Gasteiger charge is -2.42. The van der Waals surface area contributed by atoms with Crippen LogP contribution in [0.3, 0.4) is 0 Å². The fourth-order valence-electron chi connectivity index (χ4n) is 4.67. The monoisotopic (exact) mass is 490 g/mol. The van der Waals surface area contributed by atoms with Gasteiger partial charge in [0.15, 0.2) is 11.5 Å². The van der Waals surface area contributed by atoms with Crippen molar-refractivity contribution in [1.29, 1.82) is 0 Å². The third-order valence-corrected chi connectivity index (χ3v) is 6.06. The van der Waals surface area contributed by atoms with Crippen molar-refractivity contribution in [2.45, 2.75) is 57.0 Å². The number of benzene rings is 1. The molecule has 6 heteroatoms. The molecule has 1 aromatic rings. The van der Waals surface area contributed by atoms with Crippen LogP contribution < -0.4 is 9.47 Å². The van der Waals surface area contributed by atoms with Crippen molar-refractivity contribution < 1.29 is 9.47 Å². The van der Waals surface area contributed by atoms with E-state index >= 15 is 0 Å². The van der Waals surface area contributed by atoms with E-state index in [1.54, 1.807) is 0 Å². The summed E-state index contributed by atoms with van der Waals surface area (Å²) in [6.07, 6.45) is 9.42. The lowest BCUT2D eigenvalue weighted by atomic mass is 9.88. The summed E-state index contributed by atoms with van der Waals surface area (Å²) in [5, 5.41) is 0. The molecule has 2 aliphatic heterocycles. The normalized spacial score (nSPS) is 25.0. The molecule has 1 saturated heterocycles. The van der Waals surface area contributed by atoms with Crippen LogP contribution in [0.15, 0.2) is 18.2 Å². The molecule has 1 aromatic carbocycles. The lowest BCUT2D eigenvalue weighted by Crippen LogP contribution is -2.51. The molecule has 148 valence electrons. The first kappa shape index (κ1) is 22.0. The van der Waals surface area contributed by atoms with Crippen LogP contribution in [0.5, 0.6) is 11.5 Å². The standard InChI is InChI=1S/C20H30N2O2.2BrH/c1-21(13-10-16-8-9-19-20(14-16)24-15-23-19)17-6-2-3-7-18(17)22-11-4-5-12-22;;/h8-9,14,17-18H,2-7,10-13,15H2,1H3;2*1H/t17-,18+;;/m0../s1. The van der Waals surface area contributed by atoms with Crippen LogP contribution in [0.25, 0.3) is 0 Å². The van der Waals surface area contributed by atoms with Crippen LogP contribution in [-0.4, -0.2) is 55.4 Å². The van der Waals surface area contributed by atoms with Gasteiger partial charge in [0.05, 0.1) is 0 Å². The average molecular weight is 492 g/mol. The highest BCUT2D eigenvalue weighted by atomic mass is 79.9. The van der Waals surface area contributed by atoms with Crippen LogP contribution in [0.4, 0.5) is 0 Å². The van der Waals surface area contributed by atoms with Gasteiger partial charge in [0.25, 0.3) is 0 Å². The lowest BCUT2D eigenvalue weighted by molar-refractivity contribution is 0.0771. The van der Waals surface area contributed by atoms with Gasteiger partial charge in [-0.1, -0.05) is 18.9 Å². The molecule has 0 radical (unpaired) electrons. The van der Waals surface area contributed by atoms with E-state index < -0.39 is 0 Å². The predicted molar refractivity (Wildman–Crippen MR) is 116 cm³/mol. The summed E-state index contributed by atoms with van der Waals surface area (Å²) in [5.74, 6) is 1.79. The van der Waals surface area contributed by atoms with E-state index in [-0.39, 0.29) is 34.0 Å². The van der Waals surface area contributed by atoms with E-state index in [9.17, 15) is 0 Å². The molecule has 1 saturated carbocycles. The fourth-order valence-corrected chi connectivity index (χ4v) is 4.67. The van der Waals surface area contributed by atoms with E-state index in [0.29, 0.717) is 6.79 Å². The van der Waals surface area contributed by atoms with E-state index in [1.807, 2.05) is 6.07 Å². The number of likely N-dealkylation sites (tertiary alicyclic amines) is 1. The Labute approximate surface area is 178 Å². The molecule has 0 bridgehead atoms. The molecule has 0 spiro atoms. The van der Waals surface area contributed by atoms with E-state index in [4.69, 9.17) is 9.47 Å². The third kappa shape index (κ3) is 4.94. The zero-order valence-electron chi connectivity index (χ0n) is 15.7.